The minimum atomic E-state index is -5.17. The third kappa shape index (κ3) is 3.97. The summed E-state index contributed by atoms with van der Waals surface area (Å²) in [6.07, 6.45) is 1.70. The number of H-pyrrole nitrogens is 1. The van der Waals surface area contributed by atoms with Gasteiger partial charge in [0.05, 0.1) is 17.4 Å². The SMILES string of the molecule is O=S(=O)(O)F.c1ccc2[nH]cnc2c1. The van der Waals surface area contributed by atoms with Gasteiger partial charge in [0, 0.05) is 0 Å². The lowest BCUT2D eigenvalue weighted by molar-refractivity contribution is 0.435. The standard InChI is InChI=1S/C7H6N2.FHO3S/c1-2-4-7-6(3-1)8-5-9-7;1-5(2,3)4/h1-5H,(H,8,9);(H,2,3,4). The highest BCUT2D eigenvalue weighted by atomic mass is 32.3. The van der Waals surface area contributed by atoms with Gasteiger partial charge in [-0.15, -0.1) is 0 Å². The van der Waals surface area contributed by atoms with Crippen LogP contribution in [0.25, 0.3) is 11.0 Å². The van der Waals surface area contributed by atoms with Crippen LogP contribution < -0.4 is 0 Å². The zero-order valence-corrected chi connectivity index (χ0v) is 7.70. The summed E-state index contributed by atoms with van der Waals surface area (Å²) in [5.74, 6) is 0. The second-order valence-corrected chi connectivity index (χ2v) is 3.16. The molecule has 0 amide bonds. The highest BCUT2D eigenvalue weighted by Crippen LogP contribution is 2.05. The van der Waals surface area contributed by atoms with Gasteiger partial charge in [0.25, 0.3) is 0 Å². The molecule has 0 spiro atoms. The fourth-order valence-corrected chi connectivity index (χ4v) is 0.880. The van der Waals surface area contributed by atoms with E-state index in [0.717, 1.165) is 11.0 Å². The average Bonchev–Trinajstić information content (AvgIpc) is 2.47. The van der Waals surface area contributed by atoms with Crippen molar-refractivity contribution in [1.82, 2.24) is 9.97 Å². The zero-order chi connectivity index (χ0) is 10.6. The first-order valence-electron chi connectivity index (χ1n) is 3.52. The maximum absolute atomic E-state index is 10.2. The molecule has 0 fully saturated rings. The minimum Gasteiger partial charge on any atom is -0.345 e. The molecular formula is C7H7FN2O3S. The Bertz CT molecular complexity index is 470. The molecule has 1 heterocycles. The van der Waals surface area contributed by atoms with Crippen LogP contribution in [-0.2, 0) is 10.5 Å². The van der Waals surface area contributed by atoms with Crippen LogP contribution in [0.1, 0.15) is 0 Å². The Balaban J connectivity index is 0.000000171. The first-order chi connectivity index (χ1) is 6.47. The first-order valence-corrected chi connectivity index (χ1v) is 4.86. The lowest BCUT2D eigenvalue weighted by atomic mass is 10.3. The number of benzene rings is 1. The highest BCUT2D eigenvalue weighted by Gasteiger charge is 1.90. The molecule has 0 saturated carbocycles. The summed E-state index contributed by atoms with van der Waals surface area (Å²) in [7, 11) is -5.17. The van der Waals surface area contributed by atoms with E-state index in [9.17, 15) is 3.89 Å². The first kappa shape index (κ1) is 10.6. The number of rotatable bonds is 0. The van der Waals surface area contributed by atoms with Crippen molar-refractivity contribution in [3.05, 3.63) is 30.6 Å². The monoisotopic (exact) mass is 218 g/mol. The van der Waals surface area contributed by atoms with Gasteiger partial charge in [-0.25, -0.2) is 4.98 Å². The van der Waals surface area contributed by atoms with Gasteiger partial charge in [0.1, 0.15) is 0 Å². The molecule has 76 valence electrons. The number of aromatic amines is 1. The number of aromatic nitrogens is 2. The third-order valence-electron chi connectivity index (χ3n) is 1.33. The van der Waals surface area contributed by atoms with Crippen LogP contribution >= 0.6 is 0 Å². The van der Waals surface area contributed by atoms with E-state index in [2.05, 4.69) is 9.97 Å². The van der Waals surface area contributed by atoms with Gasteiger partial charge in [-0.3, -0.25) is 4.55 Å². The van der Waals surface area contributed by atoms with E-state index >= 15 is 0 Å². The maximum Gasteiger partial charge on any atom is 0.435 e. The molecule has 2 N–H and O–H groups in total. The molecule has 0 bridgehead atoms. The van der Waals surface area contributed by atoms with E-state index in [4.69, 9.17) is 13.0 Å². The fourth-order valence-electron chi connectivity index (χ4n) is 0.880. The van der Waals surface area contributed by atoms with E-state index in [-0.39, 0.29) is 0 Å². The number of halogens is 1. The summed E-state index contributed by atoms with van der Waals surface area (Å²) in [5.41, 5.74) is 2.12. The van der Waals surface area contributed by atoms with Crippen molar-refractivity contribution in [3.63, 3.8) is 0 Å². The van der Waals surface area contributed by atoms with Crippen LogP contribution in [0.3, 0.4) is 0 Å². The van der Waals surface area contributed by atoms with Crippen molar-refractivity contribution in [2.45, 2.75) is 0 Å². The summed E-state index contributed by atoms with van der Waals surface area (Å²) in [6, 6.07) is 7.94. The normalized spacial score (nSPS) is 10.7. The number of fused-ring (bicyclic) bond motifs is 1. The van der Waals surface area contributed by atoms with E-state index < -0.39 is 10.5 Å². The molecule has 2 aromatic rings. The van der Waals surface area contributed by atoms with Crippen molar-refractivity contribution in [1.29, 1.82) is 0 Å². The fraction of sp³-hybridized carbons (Fsp3) is 0. The molecule has 0 aliphatic heterocycles. The van der Waals surface area contributed by atoms with Gasteiger partial charge in [-0.2, -0.15) is 8.42 Å². The van der Waals surface area contributed by atoms with Crippen molar-refractivity contribution in [3.8, 4) is 0 Å². The van der Waals surface area contributed by atoms with Crippen LogP contribution in [0.15, 0.2) is 30.6 Å². The van der Waals surface area contributed by atoms with Gasteiger partial charge in [0.15, 0.2) is 0 Å². The molecule has 0 aliphatic carbocycles. The Hall–Kier alpha value is -1.47. The molecule has 1 aromatic carbocycles. The number of nitrogens with zero attached hydrogens (tertiary/aromatic N) is 1. The second kappa shape index (κ2) is 4.16. The molecule has 7 heteroatoms. The largest absolute Gasteiger partial charge is 0.435 e. The van der Waals surface area contributed by atoms with Crippen LogP contribution in [0.5, 0.6) is 0 Å². The number of hydrogen-bond acceptors (Lipinski definition) is 3. The number of imidazole rings is 1. The van der Waals surface area contributed by atoms with Crippen molar-refractivity contribution >= 4 is 21.5 Å². The Morgan fingerprint density at radius 1 is 1.36 bits per heavy atom. The predicted molar refractivity (Wildman–Crippen MR) is 48.8 cm³/mol. The van der Waals surface area contributed by atoms with Gasteiger partial charge in [-0.05, 0) is 12.1 Å². The van der Waals surface area contributed by atoms with Crippen molar-refractivity contribution < 1.29 is 16.9 Å². The number of para-hydroxylation sites is 2. The Kier molecular flexibility index (Phi) is 3.15. The Labute approximate surface area is 79.6 Å². The molecular weight excluding hydrogens is 211 g/mol. The Morgan fingerprint density at radius 2 is 1.93 bits per heavy atom. The van der Waals surface area contributed by atoms with Crippen molar-refractivity contribution in [2.75, 3.05) is 0 Å². The third-order valence-corrected chi connectivity index (χ3v) is 1.33. The van der Waals surface area contributed by atoms with Crippen LogP contribution in [0.4, 0.5) is 3.89 Å². The molecule has 1 aromatic heterocycles. The van der Waals surface area contributed by atoms with Crippen LogP contribution in [-0.4, -0.2) is 22.9 Å². The molecule has 0 saturated heterocycles. The van der Waals surface area contributed by atoms with Gasteiger partial charge in [-0.1, -0.05) is 16.0 Å². The quantitative estimate of drug-likeness (QED) is 0.516. The van der Waals surface area contributed by atoms with E-state index in [1.165, 1.54) is 0 Å². The number of hydrogen-bond donors (Lipinski definition) is 2. The van der Waals surface area contributed by atoms with E-state index in [0.29, 0.717) is 0 Å². The van der Waals surface area contributed by atoms with Gasteiger partial charge in [0.2, 0.25) is 0 Å². The molecule has 14 heavy (non-hydrogen) atoms. The zero-order valence-electron chi connectivity index (χ0n) is 6.88. The van der Waals surface area contributed by atoms with E-state index in [1.807, 2.05) is 24.3 Å². The maximum atomic E-state index is 10.2. The summed E-state index contributed by atoms with van der Waals surface area (Å²) in [4.78, 5) is 7.07. The lowest BCUT2D eigenvalue weighted by Crippen LogP contribution is -1.80. The predicted octanol–water partition coefficient (Wildman–Crippen LogP) is 1.32. The minimum absolute atomic E-state index is 1.03. The molecule has 2 rings (SSSR count). The second-order valence-electron chi connectivity index (χ2n) is 2.33. The summed E-state index contributed by atoms with van der Waals surface area (Å²) >= 11 is 0. The summed E-state index contributed by atoms with van der Waals surface area (Å²) in [6.45, 7) is 0. The van der Waals surface area contributed by atoms with Crippen molar-refractivity contribution in [2.24, 2.45) is 0 Å². The molecule has 0 unspecified atom stereocenters. The Morgan fingerprint density at radius 3 is 2.50 bits per heavy atom. The molecule has 0 radical (unpaired) electrons. The average molecular weight is 218 g/mol. The van der Waals surface area contributed by atoms with Crippen LogP contribution in [0.2, 0.25) is 0 Å². The van der Waals surface area contributed by atoms with Gasteiger partial charge >= 0.3 is 10.5 Å². The van der Waals surface area contributed by atoms with Gasteiger partial charge < -0.3 is 4.98 Å². The highest BCUT2D eigenvalue weighted by molar-refractivity contribution is 7.80. The number of nitrogens with one attached hydrogen (secondary N) is 1. The summed E-state index contributed by atoms with van der Waals surface area (Å²) < 4.78 is 34.1. The molecule has 0 atom stereocenters. The summed E-state index contributed by atoms with van der Waals surface area (Å²) in [5, 5.41) is 0. The molecule has 0 aliphatic rings. The molecule has 5 nitrogen and oxygen atoms in total. The lowest BCUT2D eigenvalue weighted by Gasteiger charge is -1.81. The van der Waals surface area contributed by atoms with Crippen LogP contribution in [0, 0.1) is 0 Å². The topological polar surface area (TPSA) is 83.0 Å². The van der Waals surface area contributed by atoms with E-state index in [1.54, 1.807) is 6.33 Å². The smallest absolute Gasteiger partial charge is 0.345 e.